The van der Waals surface area contributed by atoms with Gasteiger partial charge in [-0.3, -0.25) is 0 Å². The average molecular weight is 289 g/mol. The molecule has 4 atom stereocenters. The van der Waals surface area contributed by atoms with Crippen LogP contribution in [0.1, 0.15) is 25.8 Å². The van der Waals surface area contributed by atoms with Gasteiger partial charge < -0.3 is 14.8 Å². The Morgan fingerprint density at radius 1 is 1.33 bits per heavy atom. The highest BCUT2D eigenvalue weighted by Gasteiger charge is 2.59. The Bertz CT molecular complexity index is 460. The number of ether oxygens (including phenoxy) is 2. The summed E-state index contributed by atoms with van der Waals surface area (Å²) in [6.07, 6.45) is 2.64. The number of hydrogen-bond acceptors (Lipinski definition) is 3. The maximum absolute atomic E-state index is 5.89. The number of benzene rings is 1. The zero-order valence-electron chi connectivity index (χ0n) is 13.3. The molecule has 0 radical (unpaired) electrons. The molecule has 3 heteroatoms. The van der Waals surface area contributed by atoms with E-state index in [1.165, 1.54) is 12.0 Å². The summed E-state index contributed by atoms with van der Waals surface area (Å²) in [7, 11) is 1.78. The smallest absolute Gasteiger partial charge is 0.0685 e. The summed E-state index contributed by atoms with van der Waals surface area (Å²) in [6, 6.07) is 11.6. The van der Waals surface area contributed by atoms with E-state index in [-0.39, 0.29) is 5.41 Å². The molecule has 0 amide bonds. The summed E-state index contributed by atoms with van der Waals surface area (Å²) in [4.78, 5) is 0. The number of nitrogens with one attached hydrogen (secondary N) is 1. The van der Waals surface area contributed by atoms with Crippen molar-refractivity contribution in [3.8, 4) is 0 Å². The lowest BCUT2D eigenvalue weighted by atomic mass is 9.57. The molecule has 1 N–H and O–H groups in total. The maximum Gasteiger partial charge on any atom is 0.0685 e. The Labute approximate surface area is 128 Å². The molecular formula is C18H27NO2. The van der Waals surface area contributed by atoms with Crippen LogP contribution >= 0.6 is 0 Å². The predicted molar refractivity (Wildman–Crippen MR) is 84.4 cm³/mol. The molecule has 3 nitrogen and oxygen atoms in total. The van der Waals surface area contributed by atoms with Crippen molar-refractivity contribution in [2.24, 2.45) is 11.3 Å². The molecule has 0 aromatic heterocycles. The first kappa shape index (κ1) is 15.0. The van der Waals surface area contributed by atoms with Crippen LogP contribution in [0.2, 0.25) is 0 Å². The molecule has 1 aliphatic heterocycles. The van der Waals surface area contributed by atoms with Crippen molar-refractivity contribution in [2.45, 2.75) is 44.9 Å². The van der Waals surface area contributed by atoms with Crippen molar-refractivity contribution in [1.82, 2.24) is 5.32 Å². The lowest BCUT2D eigenvalue weighted by Gasteiger charge is -2.55. The van der Waals surface area contributed by atoms with Gasteiger partial charge in [0.1, 0.15) is 0 Å². The lowest BCUT2D eigenvalue weighted by Crippen LogP contribution is -2.67. The molecular weight excluding hydrogens is 262 g/mol. The molecule has 21 heavy (non-hydrogen) atoms. The Balaban J connectivity index is 1.65. The highest BCUT2D eigenvalue weighted by Crippen LogP contribution is 2.52. The summed E-state index contributed by atoms with van der Waals surface area (Å²) in [5.41, 5.74) is 1.59. The van der Waals surface area contributed by atoms with Gasteiger partial charge in [0.25, 0.3) is 0 Å². The highest BCUT2D eigenvalue weighted by molar-refractivity contribution is 5.17. The van der Waals surface area contributed by atoms with Gasteiger partial charge in [0.05, 0.1) is 12.7 Å². The van der Waals surface area contributed by atoms with E-state index in [4.69, 9.17) is 9.47 Å². The van der Waals surface area contributed by atoms with Gasteiger partial charge in [0, 0.05) is 37.1 Å². The van der Waals surface area contributed by atoms with Crippen LogP contribution in [0.15, 0.2) is 30.3 Å². The summed E-state index contributed by atoms with van der Waals surface area (Å²) >= 11 is 0. The van der Waals surface area contributed by atoms with E-state index >= 15 is 0 Å². The van der Waals surface area contributed by atoms with Gasteiger partial charge in [-0.25, -0.2) is 0 Å². The predicted octanol–water partition coefficient (Wildman–Crippen LogP) is 2.65. The fourth-order valence-corrected chi connectivity index (χ4v) is 4.18. The van der Waals surface area contributed by atoms with Gasteiger partial charge in [0.15, 0.2) is 0 Å². The van der Waals surface area contributed by atoms with Crippen molar-refractivity contribution in [1.29, 1.82) is 0 Å². The number of rotatable bonds is 6. The minimum atomic E-state index is 0.226. The van der Waals surface area contributed by atoms with E-state index in [0.29, 0.717) is 24.1 Å². The highest BCUT2D eigenvalue weighted by atomic mass is 16.5. The fraction of sp³-hybridized carbons (Fsp3) is 0.667. The zero-order chi connectivity index (χ0) is 14.9. The van der Waals surface area contributed by atoms with Crippen molar-refractivity contribution in [2.75, 3.05) is 20.3 Å². The normalized spacial score (nSPS) is 31.5. The maximum atomic E-state index is 5.89. The third-order valence-electron chi connectivity index (χ3n) is 5.21. The third-order valence-corrected chi connectivity index (χ3v) is 5.21. The average Bonchev–Trinajstić information content (AvgIpc) is 2.93. The van der Waals surface area contributed by atoms with E-state index in [1.54, 1.807) is 7.11 Å². The Morgan fingerprint density at radius 3 is 2.81 bits per heavy atom. The van der Waals surface area contributed by atoms with Gasteiger partial charge >= 0.3 is 0 Å². The molecule has 1 aliphatic carbocycles. The number of methoxy groups -OCH3 is 1. The molecule has 0 unspecified atom stereocenters. The first-order valence-electron chi connectivity index (χ1n) is 8.03. The molecule has 1 saturated heterocycles. The van der Waals surface area contributed by atoms with Crippen LogP contribution in [-0.4, -0.2) is 38.5 Å². The number of hydrogen-bond donors (Lipinski definition) is 1. The largest absolute Gasteiger partial charge is 0.383 e. The zero-order valence-corrected chi connectivity index (χ0v) is 13.3. The topological polar surface area (TPSA) is 30.5 Å². The number of fused-ring (bicyclic) bond motifs is 1. The van der Waals surface area contributed by atoms with Gasteiger partial charge in [0.2, 0.25) is 0 Å². The second-order valence-corrected chi connectivity index (χ2v) is 7.05. The fourth-order valence-electron chi connectivity index (χ4n) is 4.18. The first-order chi connectivity index (χ1) is 10.1. The van der Waals surface area contributed by atoms with Gasteiger partial charge in [-0.05, 0) is 18.4 Å². The van der Waals surface area contributed by atoms with Crippen LogP contribution in [0.5, 0.6) is 0 Å². The lowest BCUT2D eigenvalue weighted by molar-refractivity contribution is -0.117. The van der Waals surface area contributed by atoms with E-state index in [1.807, 2.05) is 0 Å². The molecule has 3 rings (SSSR count). The summed E-state index contributed by atoms with van der Waals surface area (Å²) in [6.45, 7) is 6.32. The minimum Gasteiger partial charge on any atom is -0.383 e. The van der Waals surface area contributed by atoms with Crippen molar-refractivity contribution < 1.29 is 9.47 Å². The molecule has 0 spiro atoms. The molecule has 0 bridgehead atoms. The van der Waals surface area contributed by atoms with Gasteiger partial charge in [-0.1, -0.05) is 44.2 Å². The van der Waals surface area contributed by atoms with Crippen LogP contribution in [0.4, 0.5) is 0 Å². The molecule has 116 valence electrons. The monoisotopic (exact) mass is 289 g/mol. The van der Waals surface area contributed by atoms with Crippen molar-refractivity contribution >= 4 is 0 Å². The van der Waals surface area contributed by atoms with Crippen LogP contribution < -0.4 is 5.32 Å². The Kier molecular flexibility index (Phi) is 4.34. The first-order valence-corrected chi connectivity index (χ1v) is 8.03. The van der Waals surface area contributed by atoms with Gasteiger partial charge in [-0.15, -0.1) is 0 Å². The van der Waals surface area contributed by atoms with E-state index in [9.17, 15) is 0 Å². The van der Waals surface area contributed by atoms with Crippen LogP contribution in [0.25, 0.3) is 0 Å². The molecule has 1 heterocycles. The molecule has 1 aromatic carbocycles. The van der Waals surface area contributed by atoms with Gasteiger partial charge in [-0.2, -0.15) is 0 Å². The van der Waals surface area contributed by atoms with E-state index in [0.717, 1.165) is 19.6 Å². The molecule has 1 saturated carbocycles. The van der Waals surface area contributed by atoms with Crippen molar-refractivity contribution in [3.05, 3.63) is 35.9 Å². The van der Waals surface area contributed by atoms with Crippen LogP contribution in [-0.2, 0) is 15.9 Å². The minimum absolute atomic E-state index is 0.226. The second kappa shape index (κ2) is 6.07. The molecule has 2 fully saturated rings. The second-order valence-electron chi connectivity index (χ2n) is 7.05. The molecule has 2 aliphatic rings. The van der Waals surface area contributed by atoms with Crippen LogP contribution in [0, 0.1) is 11.3 Å². The van der Waals surface area contributed by atoms with E-state index < -0.39 is 0 Å². The standard InChI is InChI=1S/C18H27NO2/c1-18(2)16(15-9-10-21-17(15)18)19-14(12-20-3)11-13-7-5-4-6-8-13/h4-8,14-17,19H,9-12H2,1-3H3/t14-,15+,16+,17+/m0/s1. The SMILES string of the molecule is COC[C@H](Cc1ccccc1)N[C@@H]1[C@H]2CCO[C@H]2C1(C)C. The Hall–Kier alpha value is -0.900. The quantitative estimate of drug-likeness (QED) is 0.873. The molecule has 1 aromatic rings. The van der Waals surface area contributed by atoms with Crippen molar-refractivity contribution in [3.63, 3.8) is 0 Å². The summed E-state index contributed by atoms with van der Waals surface area (Å²) < 4.78 is 11.3. The Morgan fingerprint density at radius 2 is 2.10 bits per heavy atom. The van der Waals surface area contributed by atoms with Crippen LogP contribution in [0.3, 0.4) is 0 Å². The van der Waals surface area contributed by atoms with E-state index in [2.05, 4.69) is 49.5 Å². The third kappa shape index (κ3) is 2.87. The summed E-state index contributed by atoms with van der Waals surface area (Å²) in [5, 5.41) is 3.86. The summed E-state index contributed by atoms with van der Waals surface area (Å²) in [5.74, 6) is 0.676.